The highest BCUT2D eigenvalue weighted by Gasteiger charge is 2.37. The molecule has 3 aromatic rings. The summed E-state index contributed by atoms with van der Waals surface area (Å²) in [6.07, 6.45) is 0.377. The first-order valence-corrected chi connectivity index (χ1v) is 7.77. The van der Waals surface area contributed by atoms with Crippen LogP contribution in [0.4, 0.5) is 13.2 Å². The third-order valence-corrected chi connectivity index (χ3v) is 4.04. The van der Waals surface area contributed by atoms with Gasteiger partial charge in [0.1, 0.15) is 5.69 Å². The normalized spacial score (nSPS) is 13.2. The molecular formula is C17H18F3N5. The molecule has 25 heavy (non-hydrogen) atoms. The molecule has 0 aliphatic carbocycles. The van der Waals surface area contributed by atoms with Gasteiger partial charge in [-0.2, -0.15) is 23.4 Å². The summed E-state index contributed by atoms with van der Waals surface area (Å²) in [6, 6.07) is 9.44. The van der Waals surface area contributed by atoms with E-state index < -0.39 is 11.9 Å². The van der Waals surface area contributed by atoms with Gasteiger partial charge in [0.15, 0.2) is 0 Å². The molecule has 1 aromatic carbocycles. The topological polar surface area (TPSA) is 47.7 Å². The molecule has 0 saturated carbocycles. The summed E-state index contributed by atoms with van der Waals surface area (Å²) < 4.78 is 41.8. The molecular weight excluding hydrogens is 331 g/mol. The van der Waals surface area contributed by atoms with Crippen LogP contribution < -0.4 is 5.32 Å². The molecule has 0 saturated heterocycles. The van der Waals surface area contributed by atoms with Crippen molar-refractivity contribution in [3.05, 3.63) is 65.7 Å². The molecule has 1 N–H and O–H groups in total. The Morgan fingerprint density at radius 3 is 2.48 bits per heavy atom. The van der Waals surface area contributed by atoms with Crippen molar-refractivity contribution in [3.8, 4) is 5.69 Å². The molecule has 0 spiro atoms. The molecule has 0 aliphatic rings. The van der Waals surface area contributed by atoms with E-state index in [4.69, 9.17) is 0 Å². The van der Waals surface area contributed by atoms with Gasteiger partial charge >= 0.3 is 6.18 Å². The summed E-state index contributed by atoms with van der Waals surface area (Å²) in [5.74, 6) is 0. The average molecular weight is 349 g/mol. The number of hydrogen-bond acceptors (Lipinski definition) is 3. The highest BCUT2D eigenvalue weighted by atomic mass is 19.4. The Bertz CT molecular complexity index is 819. The van der Waals surface area contributed by atoms with Crippen molar-refractivity contribution in [2.24, 2.45) is 7.05 Å². The zero-order chi connectivity index (χ0) is 18.0. The lowest BCUT2D eigenvalue weighted by Gasteiger charge is -2.16. The third kappa shape index (κ3) is 3.74. The van der Waals surface area contributed by atoms with Crippen LogP contribution in [0.3, 0.4) is 0 Å². The average Bonchev–Trinajstić information content (AvgIpc) is 3.22. The Hall–Kier alpha value is -2.61. The van der Waals surface area contributed by atoms with Gasteiger partial charge in [0.25, 0.3) is 0 Å². The summed E-state index contributed by atoms with van der Waals surface area (Å²) >= 11 is 0. The lowest BCUT2D eigenvalue weighted by molar-refractivity contribution is -0.144. The van der Waals surface area contributed by atoms with Crippen molar-refractivity contribution >= 4 is 0 Å². The summed E-state index contributed by atoms with van der Waals surface area (Å²) in [5.41, 5.74) is 1.32. The predicted octanol–water partition coefficient (Wildman–Crippen LogP) is 3.48. The van der Waals surface area contributed by atoms with Gasteiger partial charge in [0.05, 0.1) is 11.9 Å². The van der Waals surface area contributed by atoms with Crippen LogP contribution in [0.15, 0.2) is 48.9 Å². The van der Waals surface area contributed by atoms with E-state index in [9.17, 15) is 13.2 Å². The highest BCUT2D eigenvalue weighted by Crippen LogP contribution is 2.31. The minimum atomic E-state index is -4.42. The number of hydrogen-bond donors (Lipinski definition) is 1. The van der Waals surface area contributed by atoms with E-state index in [1.54, 1.807) is 10.9 Å². The van der Waals surface area contributed by atoms with Crippen LogP contribution in [0, 0.1) is 0 Å². The Kier molecular flexibility index (Phi) is 4.63. The van der Waals surface area contributed by atoms with Crippen molar-refractivity contribution in [1.29, 1.82) is 0 Å². The third-order valence-electron chi connectivity index (χ3n) is 4.04. The van der Waals surface area contributed by atoms with Crippen molar-refractivity contribution in [2.75, 3.05) is 0 Å². The summed E-state index contributed by atoms with van der Waals surface area (Å²) in [6.45, 7) is 2.00. The Labute approximate surface area is 143 Å². The monoisotopic (exact) mass is 349 g/mol. The minimum absolute atomic E-state index is 0.0881. The first-order valence-electron chi connectivity index (χ1n) is 7.77. The molecule has 1 atom stereocenters. The SMILES string of the molecule is C[C@@H](NCc1cnn(C)c1C(F)(F)F)c1ccc(-n2cccn2)cc1. The fraction of sp³-hybridized carbons (Fsp3) is 0.294. The molecule has 132 valence electrons. The number of nitrogens with one attached hydrogen (secondary N) is 1. The Morgan fingerprint density at radius 2 is 1.88 bits per heavy atom. The molecule has 2 aromatic heterocycles. The predicted molar refractivity (Wildman–Crippen MR) is 87.0 cm³/mol. The minimum Gasteiger partial charge on any atom is -0.306 e. The molecule has 8 heteroatoms. The molecule has 0 amide bonds. The Balaban J connectivity index is 1.68. The van der Waals surface area contributed by atoms with Crippen LogP contribution >= 0.6 is 0 Å². The summed E-state index contributed by atoms with van der Waals surface area (Å²) in [4.78, 5) is 0. The molecule has 0 radical (unpaired) electrons. The van der Waals surface area contributed by atoms with E-state index in [1.165, 1.54) is 13.2 Å². The number of aromatic nitrogens is 4. The first kappa shape index (κ1) is 17.2. The van der Waals surface area contributed by atoms with E-state index >= 15 is 0 Å². The second-order valence-electron chi connectivity index (χ2n) is 5.78. The van der Waals surface area contributed by atoms with Crippen LogP contribution in [-0.4, -0.2) is 19.6 Å². The summed E-state index contributed by atoms with van der Waals surface area (Å²) in [7, 11) is 1.30. The number of nitrogens with zero attached hydrogens (tertiary/aromatic N) is 4. The van der Waals surface area contributed by atoms with Crippen LogP contribution in [0.1, 0.15) is 29.8 Å². The van der Waals surface area contributed by atoms with E-state index in [1.807, 2.05) is 43.5 Å². The van der Waals surface area contributed by atoms with E-state index in [-0.39, 0.29) is 18.2 Å². The Morgan fingerprint density at radius 1 is 1.16 bits per heavy atom. The maximum atomic E-state index is 13.1. The molecule has 0 unspecified atom stereocenters. The molecule has 0 aliphatic heterocycles. The second-order valence-corrected chi connectivity index (χ2v) is 5.78. The van der Waals surface area contributed by atoms with Crippen molar-refractivity contribution < 1.29 is 13.2 Å². The molecule has 0 fully saturated rings. The van der Waals surface area contributed by atoms with Crippen molar-refractivity contribution in [1.82, 2.24) is 24.9 Å². The standard InChI is InChI=1S/C17H18F3N5/c1-12(13-4-6-15(7-5-13)25-9-3-8-22-25)21-10-14-11-23-24(2)16(14)17(18,19)20/h3-9,11-12,21H,10H2,1-2H3/t12-/m1/s1. The highest BCUT2D eigenvalue weighted by molar-refractivity contribution is 5.35. The molecule has 3 rings (SSSR count). The zero-order valence-electron chi connectivity index (χ0n) is 13.8. The maximum absolute atomic E-state index is 13.1. The number of benzene rings is 1. The van der Waals surface area contributed by atoms with Gasteiger partial charge in [0, 0.05) is 37.6 Å². The van der Waals surface area contributed by atoms with Gasteiger partial charge < -0.3 is 5.32 Å². The van der Waals surface area contributed by atoms with Gasteiger partial charge in [-0.05, 0) is 30.7 Å². The number of rotatable bonds is 5. The largest absolute Gasteiger partial charge is 0.433 e. The second kappa shape index (κ2) is 6.72. The van der Waals surface area contributed by atoms with Gasteiger partial charge in [-0.15, -0.1) is 0 Å². The van der Waals surface area contributed by atoms with Crippen LogP contribution in [0.2, 0.25) is 0 Å². The molecule has 5 nitrogen and oxygen atoms in total. The lowest BCUT2D eigenvalue weighted by Crippen LogP contribution is -2.21. The maximum Gasteiger partial charge on any atom is 0.433 e. The molecule has 0 bridgehead atoms. The smallest absolute Gasteiger partial charge is 0.306 e. The van der Waals surface area contributed by atoms with Gasteiger partial charge in [-0.1, -0.05) is 12.1 Å². The van der Waals surface area contributed by atoms with Crippen molar-refractivity contribution in [3.63, 3.8) is 0 Å². The van der Waals surface area contributed by atoms with Gasteiger partial charge in [0.2, 0.25) is 0 Å². The summed E-state index contributed by atoms with van der Waals surface area (Å²) in [5, 5.41) is 11.0. The number of aryl methyl sites for hydroxylation is 1. The van der Waals surface area contributed by atoms with E-state index in [2.05, 4.69) is 15.5 Å². The van der Waals surface area contributed by atoms with E-state index in [0.29, 0.717) is 0 Å². The fourth-order valence-electron chi connectivity index (χ4n) is 2.70. The zero-order valence-corrected chi connectivity index (χ0v) is 13.8. The van der Waals surface area contributed by atoms with Crippen molar-refractivity contribution in [2.45, 2.75) is 25.7 Å². The van der Waals surface area contributed by atoms with Crippen LogP contribution in [0.5, 0.6) is 0 Å². The van der Waals surface area contributed by atoms with Crippen LogP contribution in [0.25, 0.3) is 5.69 Å². The number of alkyl halides is 3. The van der Waals surface area contributed by atoms with Gasteiger partial charge in [-0.3, -0.25) is 4.68 Å². The molecule has 2 heterocycles. The van der Waals surface area contributed by atoms with Crippen LogP contribution in [-0.2, 0) is 19.8 Å². The van der Waals surface area contributed by atoms with Gasteiger partial charge in [-0.25, -0.2) is 4.68 Å². The lowest BCUT2D eigenvalue weighted by atomic mass is 10.1. The quantitative estimate of drug-likeness (QED) is 0.767. The van der Waals surface area contributed by atoms with E-state index in [0.717, 1.165) is 15.9 Å². The first-order chi connectivity index (χ1) is 11.9. The number of halogens is 3. The fourth-order valence-corrected chi connectivity index (χ4v) is 2.70.